The molecule has 0 radical (unpaired) electrons. The Hall–Kier alpha value is -3.13. The molecule has 1 saturated carbocycles. The fourth-order valence-corrected chi connectivity index (χ4v) is 4.29. The number of nitrogens with zero attached hydrogens (tertiary/aromatic N) is 4. The highest BCUT2D eigenvalue weighted by molar-refractivity contribution is 6.42. The van der Waals surface area contributed by atoms with Crippen molar-refractivity contribution in [3.63, 3.8) is 0 Å². The van der Waals surface area contributed by atoms with Gasteiger partial charge in [0.25, 0.3) is 0 Å². The fraction of sp³-hybridized carbons (Fsp3) is 0.458. The van der Waals surface area contributed by atoms with Crippen LogP contribution in [-0.2, 0) is 19.8 Å². The summed E-state index contributed by atoms with van der Waals surface area (Å²) in [6.07, 6.45) is 7.24. The second kappa shape index (κ2) is 9.16. The lowest BCUT2D eigenvalue weighted by Crippen LogP contribution is -2.47. The van der Waals surface area contributed by atoms with E-state index in [-0.39, 0.29) is 23.4 Å². The van der Waals surface area contributed by atoms with Gasteiger partial charge >= 0.3 is 5.97 Å². The van der Waals surface area contributed by atoms with Crippen LogP contribution in [0.25, 0.3) is 0 Å². The molecular weight excluding hydrogens is 406 g/mol. The molecule has 3 heterocycles. The van der Waals surface area contributed by atoms with Crippen molar-refractivity contribution in [2.45, 2.75) is 44.4 Å². The highest BCUT2D eigenvalue weighted by Gasteiger charge is 2.52. The molecule has 2 fully saturated rings. The van der Waals surface area contributed by atoms with E-state index in [0.29, 0.717) is 32.6 Å². The van der Waals surface area contributed by atoms with Gasteiger partial charge in [-0.2, -0.15) is 0 Å². The number of hydroxylamine groups is 2. The summed E-state index contributed by atoms with van der Waals surface area (Å²) in [5.41, 5.74) is 1.51. The minimum Gasteiger partial charge on any atom is -0.368 e. The van der Waals surface area contributed by atoms with Gasteiger partial charge in [0, 0.05) is 38.6 Å². The average Bonchev–Trinajstić information content (AvgIpc) is 3.61. The second-order valence-electron chi connectivity index (χ2n) is 8.69. The molecule has 0 bridgehead atoms. The van der Waals surface area contributed by atoms with Gasteiger partial charge in [0.1, 0.15) is 5.82 Å². The van der Waals surface area contributed by atoms with Crippen molar-refractivity contribution in [1.82, 2.24) is 15.0 Å². The van der Waals surface area contributed by atoms with E-state index < -0.39 is 5.41 Å². The molecular formula is C24H29N5O3. The summed E-state index contributed by atoms with van der Waals surface area (Å²) < 4.78 is 0. The van der Waals surface area contributed by atoms with Crippen molar-refractivity contribution in [3.8, 4) is 0 Å². The van der Waals surface area contributed by atoms with Crippen molar-refractivity contribution < 1.29 is 14.4 Å². The number of hydrogen-bond donors (Lipinski definition) is 1. The molecule has 0 aromatic carbocycles. The molecule has 1 aliphatic carbocycles. The van der Waals surface area contributed by atoms with Crippen LogP contribution in [0.15, 0.2) is 42.9 Å². The first-order valence-electron chi connectivity index (χ1n) is 11.1. The lowest BCUT2D eigenvalue weighted by atomic mass is 9.86. The van der Waals surface area contributed by atoms with E-state index in [9.17, 15) is 9.59 Å². The first-order valence-corrected chi connectivity index (χ1v) is 11.1. The van der Waals surface area contributed by atoms with Crippen molar-refractivity contribution in [3.05, 3.63) is 54.0 Å². The first kappa shape index (κ1) is 22.1. The number of hydrogen-bond acceptors (Lipinski definition) is 8. The van der Waals surface area contributed by atoms with E-state index in [1.807, 2.05) is 31.2 Å². The van der Waals surface area contributed by atoms with Gasteiger partial charge in [0.05, 0.1) is 24.2 Å². The van der Waals surface area contributed by atoms with Crippen molar-refractivity contribution in [1.29, 1.82) is 5.41 Å². The fourth-order valence-electron chi connectivity index (χ4n) is 4.29. The lowest BCUT2D eigenvalue weighted by Gasteiger charge is -2.33. The zero-order valence-corrected chi connectivity index (χ0v) is 18.6. The standard InChI is InChI=1S/C24H29N5O3/c1-17(19-4-3-9-26-15-19)14-21(25)23(31)24(7-8-24)20-5-6-22(27-16-20)28-10-12-29(13-11-28)32-18(2)30/h3-6,9,15-17,25H,7-8,10-14H2,1-2H3. The number of carbonyl (C=O) groups excluding carboxylic acids is 2. The van der Waals surface area contributed by atoms with Crippen LogP contribution in [0.2, 0.25) is 0 Å². The quantitative estimate of drug-likeness (QED) is 0.637. The topological polar surface area (TPSA) is 99.5 Å². The third-order valence-corrected chi connectivity index (χ3v) is 6.34. The number of ketones is 1. The Balaban J connectivity index is 1.37. The summed E-state index contributed by atoms with van der Waals surface area (Å²) in [7, 11) is 0. The molecule has 1 atom stereocenters. The van der Waals surface area contributed by atoms with E-state index in [0.717, 1.165) is 29.8 Å². The van der Waals surface area contributed by atoms with Crippen molar-refractivity contribution in [2.24, 2.45) is 0 Å². The van der Waals surface area contributed by atoms with E-state index in [1.54, 1.807) is 23.7 Å². The summed E-state index contributed by atoms with van der Waals surface area (Å²) in [5, 5.41) is 10.1. The van der Waals surface area contributed by atoms with Gasteiger partial charge in [0.15, 0.2) is 5.78 Å². The van der Waals surface area contributed by atoms with E-state index in [2.05, 4.69) is 14.9 Å². The van der Waals surface area contributed by atoms with Crippen LogP contribution >= 0.6 is 0 Å². The number of nitrogens with one attached hydrogen (secondary N) is 1. The van der Waals surface area contributed by atoms with Gasteiger partial charge in [-0.05, 0) is 48.4 Å². The number of pyridine rings is 2. The summed E-state index contributed by atoms with van der Waals surface area (Å²) >= 11 is 0. The van der Waals surface area contributed by atoms with Gasteiger partial charge in [-0.25, -0.2) is 4.98 Å². The maximum atomic E-state index is 13.2. The van der Waals surface area contributed by atoms with Gasteiger partial charge < -0.3 is 15.1 Å². The minimum atomic E-state index is -0.592. The van der Waals surface area contributed by atoms with Crippen LogP contribution in [0.1, 0.15) is 50.2 Å². The maximum absolute atomic E-state index is 13.2. The van der Waals surface area contributed by atoms with Crippen LogP contribution in [0, 0.1) is 5.41 Å². The molecule has 8 nitrogen and oxygen atoms in total. The predicted molar refractivity (Wildman–Crippen MR) is 121 cm³/mol. The number of carbonyl (C=O) groups is 2. The zero-order valence-electron chi connectivity index (χ0n) is 18.6. The summed E-state index contributed by atoms with van der Waals surface area (Å²) in [6, 6.07) is 7.79. The molecule has 1 unspecified atom stereocenters. The van der Waals surface area contributed by atoms with Crippen LogP contribution in [-0.4, -0.2) is 58.7 Å². The molecule has 4 rings (SSSR count). The molecule has 32 heavy (non-hydrogen) atoms. The molecule has 2 aliphatic rings. The molecule has 0 spiro atoms. The average molecular weight is 436 g/mol. The SMILES string of the molecule is CC(=O)ON1CCN(c2ccc(C3(C(=O)C(=N)CC(C)c4cccnc4)CC3)cn2)CC1. The number of piperazine rings is 1. The molecule has 8 heteroatoms. The Morgan fingerprint density at radius 1 is 1.16 bits per heavy atom. The Kier molecular flexibility index (Phi) is 6.32. The highest BCUT2D eigenvalue weighted by Crippen LogP contribution is 2.49. The summed E-state index contributed by atoms with van der Waals surface area (Å²) in [6.45, 7) is 6.09. The molecule has 168 valence electrons. The van der Waals surface area contributed by atoms with Gasteiger partial charge in [-0.1, -0.05) is 19.1 Å². The zero-order chi connectivity index (χ0) is 22.7. The van der Waals surface area contributed by atoms with E-state index in [4.69, 9.17) is 10.2 Å². The molecule has 1 saturated heterocycles. The van der Waals surface area contributed by atoms with Crippen LogP contribution in [0.5, 0.6) is 0 Å². The predicted octanol–water partition coefficient (Wildman–Crippen LogP) is 2.89. The Bertz CT molecular complexity index is 980. The van der Waals surface area contributed by atoms with Gasteiger partial charge in [-0.15, -0.1) is 5.06 Å². The molecule has 1 aliphatic heterocycles. The Morgan fingerprint density at radius 2 is 1.91 bits per heavy atom. The highest BCUT2D eigenvalue weighted by atomic mass is 16.7. The number of rotatable bonds is 8. The first-order chi connectivity index (χ1) is 15.4. The molecule has 2 aromatic rings. The largest absolute Gasteiger partial charge is 0.368 e. The number of Topliss-reactive ketones (excluding diaryl/α,β-unsaturated/α-hetero) is 1. The Morgan fingerprint density at radius 3 is 2.47 bits per heavy atom. The number of anilines is 1. The van der Waals surface area contributed by atoms with Crippen LogP contribution < -0.4 is 4.90 Å². The second-order valence-corrected chi connectivity index (χ2v) is 8.69. The molecule has 2 aromatic heterocycles. The smallest absolute Gasteiger partial charge is 0.322 e. The molecule has 0 amide bonds. The Labute approximate surface area is 188 Å². The molecule has 1 N–H and O–H groups in total. The van der Waals surface area contributed by atoms with Gasteiger partial charge in [-0.3, -0.25) is 14.6 Å². The normalized spacial score (nSPS) is 18.6. The monoisotopic (exact) mass is 435 g/mol. The van der Waals surface area contributed by atoms with Crippen LogP contribution in [0.3, 0.4) is 0 Å². The summed E-state index contributed by atoms with van der Waals surface area (Å²) in [4.78, 5) is 40.3. The van der Waals surface area contributed by atoms with Gasteiger partial charge in [0.2, 0.25) is 0 Å². The van der Waals surface area contributed by atoms with E-state index in [1.165, 1.54) is 6.92 Å². The van der Waals surface area contributed by atoms with Crippen LogP contribution in [0.4, 0.5) is 5.82 Å². The minimum absolute atomic E-state index is 0.0714. The number of aromatic nitrogens is 2. The maximum Gasteiger partial charge on any atom is 0.322 e. The third kappa shape index (κ3) is 4.70. The van der Waals surface area contributed by atoms with Crippen molar-refractivity contribution in [2.75, 3.05) is 31.1 Å². The third-order valence-electron chi connectivity index (χ3n) is 6.34. The van der Waals surface area contributed by atoms with Crippen molar-refractivity contribution >= 4 is 23.3 Å². The van der Waals surface area contributed by atoms with E-state index >= 15 is 0 Å². The summed E-state index contributed by atoms with van der Waals surface area (Å²) in [5.74, 6) is 0.528. The lowest BCUT2D eigenvalue weighted by molar-refractivity contribution is -0.188.